The summed E-state index contributed by atoms with van der Waals surface area (Å²) in [6.45, 7) is 0.0195. The molecule has 1 unspecified atom stereocenters. The Morgan fingerprint density at radius 3 is 2.45 bits per heavy atom. The van der Waals surface area contributed by atoms with Gasteiger partial charge in [-0.05, 0) is 48.5 Å². The molecular weight excluding hydrogens is 561 g/mol. The monoisotopic (exact) mass is 581 g/mol. The summed E-state index contributed by atoms with van der Waals surface area (Å²) in [5, 5.41) is 18.8. The largest absolute Gasteiger partial charge is 0.438 e. The number of hydrogen-bond donors (Lipinski definition) is 2. The van der Waals surface area contributed by atoms with Crippen LogP contribution in [0.2, 0.25) is 0 Å². The SMILES string of the molecule is N#CC1=C(N)Oc2c(N)cc3nc4ccccc4nc3c2C12C(=O)N(Cc1cnnn1-c1ccc(F)cc1)c1ccccc12. The lowest BCUT2D eigenvalue weighted by Crippen LogP contribution is -2.46. The second kappa shape index (κ2) is 9.07. The minimum absolute atomic E-state index is 0.0195. The number of rotatable bonds is 3. The minimum Gasteiger partial charge on any atom is -0.438 e. The average Bonchev–Trinajstić information content (AvgIpc) is 3.59. The summed E-state index contributed by atoms with van der Waals surface area (Å²) in [5.41, 5.74) is 15.8. The molecule has 0 bridgehead atoms. The lowest BCUT2D eigenvalue weighted by molar-refractivity contribution is -0.121. The molecule has 4 heterocycles. The van der Waals surface area contributed by atoms with Crippen LogP contribution in [-0.2, 0) is 16.8 Å². The summed E-state index contributed by atoms with van der Waals surface area (Å²) in [6.07, 6.45) is 1.53. The highest BCUT2D eigenvalue weighted by Crippen LogP contribution is 2.58. The van der Waals surface area contributed by atoms with Crippen molar-refractivity contribution in [1.29, 1.82) is 5.26 Å². The van der Waals surface area contributed by atoms with Crippen LogP contribution in [-0.4, -0.2) is 30.9 Å². The van der Waals surface area contributed by atoms with Crippen LogP contribution < -0.4 is 21.1 Å². The first-order chi connectivity index (χ1) is 21.4. The summed E-state index contributed by atoms with van der Waals surface area (Å²) in [7, 11) is 0. The number of nitrogens with zero attached hydrogens (tertiary/aromatic N) is 7. The Bertz CT molecular complexity index is 2270. The summed E-state index contributed by atoms with van der Waals surface area (Å²) in [5.74, 6) is -0.948. The Hall–Kier alpha value is -6.35. The molecule has 0 saturated heterocycles. The van der Waals surface area contributed by atoms with Crippen molar-refractivity contribution in [3.63, 3.8) is 0 Å². The summed E-state index contributed by atoms with van der Waals surface area (Å²) in [6, 6.07) is 24.1. The van der Waals surface area contributed by atoms with E-state index in [1.807, 2.05) is 24.3 Å². The second-order valence-corrected chi connectivity index (χ2v) is 10.5. The predicted molar refractivity (Wildman–Crippen MR) is 159 cm³/mol. The molecule has 11 nitrogen and oxygen atoms in total. The van der Waals surface area contributed by atoms with Gasteiger partial charge in [0, 0.05) is 11.3 Å². The van der Waals surface area contributed by atoms with Gasteiger partial charge >= 0.3 is 0 Å². The zero-order valence-electron chi connectivity index (χ0n) is 22.8. The molecule has 4 N–H and O–H groups in total. The van der Waals surface area contributed by atoms with E-state index in [1.54, 1.807) is 47.4 Å². The number of nitrogen functional groups attached to an aromatic ring is 1. The molecule has 0 saturated carbocycles. The number of hydrogen-bond acceptors (Lipinski definition) is 9. The Labute approximate surface area is 248 Å². The Morgan fingerprint density at radius 2 is 1.68 bits per heavy atom. The van der Waals surface area contributed by atoms with E-state index in [0.717, 1.165) is 0 Å². The standard InChI is InChI=1S/C32H20FN9O2/c33-17-9-11-18(12-10-17)42-19(15-37-40-42)16-41-26-8-4-1-5-20(26)32(31(41)43)21(14-34)30(36)44-29-22(35)13-25-28(27(29)32)39-24-7-3-2-6-23(24)38-25/h1-13,15H,16,35-36H2. The van der Waals surface area contributed by atoms with Crippen LogP contribution in [0.5, 0.6) is 5.75 Å². The zero-order valence-corrected chi connectivity index (χ0v) is 22.8. The molecule has 2 aromatic heterocycles. The lowest BCUT2D eigenvalue weighted by Gasteiger charge is -2.35. The number of nitriles is 1. The number of benzene rings is 4. The van der Waals surface area contributed by atoms with E-state index in [9.17, 15) is 9.65 Å². The first-order valence-electron chi connectivity index (χ1n) is 13.6. The number of carbonyl (C=O) groups is 1. The van der Waals surface area contributed by atoms with Gasteiger partial charge in [0.1, 0.15) is 22.9 Å². The van der Waals surface area contributed by atoms with Gasteiger partial charge in [0.15, 0.2) is 5.75 Å². The number of ether oxygens (including phenoxy) is 1. The third-order valence-electron chi connectivity index (χ3n) is 8.11. The number of carbonyl (C=O) groups excluding carboxylic acids is 1. The van der Waals surface area contributed by atoms with Gasteiger partial charge in [0.05, 0.1) is 57.4 Å². The summed E-state index contributed by atoms with van der Waals surface area (Å²) >= 11 is 0. The van der Waals surface area contributed by atoms with Crippen LogP contribution in [0, 0.1) is 17.1 Å². The number of amides is 1. The fraction of sp³-hybridized carbons (Fsp3) is 0.0625. The molecule has 12 heteroatoms. The van der Waals surface area contributed by atoms with Crippen molar-refractivity contribution in [2.45, 2.75) is 12.0 Å². The van der Waals surface area contributed by atoms with Crippen molar-refractivity contribution in [1.82, 2.24) is 25.0 Å². The molecule has 0 aliphatic carbocycles. The third-order valence-corrected chi connectivity index (χ3v) is 8.11. The molecule has 1 atom stereocenters. The van der Waals surface area contributed by atoms with Crippen LogP contribution in [0.1, 0.15) is 16.8 Å². The van der Waals surface area contributed by atoms with E-state index < -0.39 is 17.1 Å². The van der Waals surface area contributed by atoms with Crippen molar-refractivity contribution in [2.24, 2.45) is 5.73 Å². The molecule has 1 spiro atoms. The van der Waals surface area contributed by atoms with Crippen molar-refractivity contribution in [3.8, 4) is 17.5 Å². The number of halogens is 1. The molecule has 2 aliphatic heterocycles. The first-order valence-corrected chi connectivity index (χ1v) is 13.6. The van der Waals surface area contributed by atoms with Crippen LogP contribution >= 0.6 is 0 Å². The molecule has 6 aromatic rings. The van der Waals surface area contributed by atoms with Crippen molar-refractivity contribution < 1.29 is 13.9 Å². The van der Waals surface area contributed by atoms with Crippen molar-refractivity contribution in [3.05, 3.63) is 119 Å². The lowest BCUT2D eigenvalue weighted by atomic mass is 9.68. The predicted octanol–water partition coefficient (Wildman–Crippen LogP) is 4.00. The summed E-state index contributed by atoms with van der Waals surface area (Å²) in [4.78, 5) is 26.3. The van der Waals surface area contributed by atoms with Gasteiger partial charge in [-0.25, -0.2) is 19.0 Å². The maximum atomic E-state index is 15.1. The maximum Gasteiger partial charge on any atom is 0.248 e. The number of fused-ring (bicyclic) bond motifs is 7. The van der Waals surface area contributed by atoms with E-state index in [4.69, 9.17) is 26.2 Å². The van der Waals surface area contributed by atoms with Gasteiger partial charge in [-0.3, -0.25) is 4.79 Å². The fourth-order valence-corrected chi connectivity index (χ4v) is 6.25. The Kier molecular flexibility index (Phi) is 5.23. The second-order valence-electron chi connectivity index (χ2n) is 10.5. The normalized spacial score (nSPS) is 17.2. The zero-order chi connectivity index (χ0) is 30.2. The topological polar surface area (TPSA) is 162 Å². The molecule has 2 aliphatic rings. The molecule has 212 valence electrons. The molecule has 4 aromatic carbocycles. The smallest absolute Gasteiger partial charge is 0.248 e. The minimum atomic E-state index is -1.75. The third kappa shape index (κ3) is 3.31. The highest BCUT2D eigenvalue weighted by molar-refractivity contribution is 6.16. The van der Waals surface area contributed by atoms with Gasteiger partial charge < -0.3 is 21.1 Å². The highest BCUT2D eigenvalue weighted by Gasteiger charge is 2.60. The summed E-state index contributed by atoms with van der Waals surface area (Å²) < 4.78 is 21.2. The quantitative estimate of drug-likeness (QED) is 0.232. The van der Waals surface area contributed by atoms with E-state index >= 15 is 4.79 Å². The highest BCUT2D eigenvalue weighted by atomic mass is 19.1. The van der Waals surface area contributed by atoms with Gasteiger partial charge in [0.25, 0.3) is 0 Å². The number of aromatic nitrogens is 5. The van der Waals surface area contributed by atoms with Gasteiger partial charge in [-0.15, -0.1) is 5.10 Å². The molecule has 0 radical (unpaired) electrons. The van der Waals surface area contributed by atoms with E-state index in [-0.39, 0.29) is 29.4 Å². The van der Waals surface area contributed by atoms with Crippen LogP contribution in [0.25, 0.3) is 27.8 Å². The van der Waals surface area contributed by atoms with Crippen molar-refractivity contribution in [2.75, 3.05) is 10.6 Å². The molecule has 1 amide bonds. The van der Waals surface area contributed by atoms with E-state index in [2.05, 4.69) is 16.4 Å². The molecule has 44 heavy (non-hydrogen) atoms. The number of para-hydroxylation sites is 3. The fourth-order valence-electron chi connectivity index (χ4n) is 6.25. The van der Waals surface area contributed by atoms with Gasteiger partial charge in [-0.2, -0.15) is 5.26 Å². The van der Waals surface area contributed by atoms with Crippen molar-refractivity contribution >= 4 is 39.3 Å². The van der Waals surface area contributed by atoms with Gasteiger partial charge in [-0.1, -0.05) is 35.5 Å². The van der Waals surface area contributed by atoms with Crippen LogP contribution in [0.3, 0.4) is 0 Å². The Balaban J connectivity index is 1.40. The van der Waals surface area contributed by atoms with E-state index in [1.165, 1.54) is 23.0 Å². The van der Waals surface area contributed by atoms with E-state index in [0.29, 0.717) is 50.3 Å². The number of nitrogens with two attached hydrogens (primary N) is 2. The number of anilines is 2. The van der Waals surface area contributed by atoms with Gasteiger partial charge in [0.2, 0.25) is 11.8 Å². The first kappa shape index (κ1) is 25.4. The van der Waals surface area contributed by atoms with Crippen LogP contribution in [0.4, 0.5) is 15.8 Å². The molecule has 8 rings (SSSR count). The average molecular weight is 582 g/mol. The molecule has 0 fully saturated rings. The van der Waals surface area contributed by atoms with Crippen LogP contribution in [0.15, 0.2) is 96.5 Å². The maximum absolute atomic E-state index is 15.1. The Morgan fingerprint density at radius 1 is 0.955 bits per heavy atom. The molecular formula is C32H20FN9O2.